The van der Waals surface area contributed by atoms with Crippen LogP contribution in [-0.4, -0.2) is 18.8 Å². The van der Waals surface area contributed by atoms with Crippen LogP contribution >= 0.6 is 0 Å². The zero-order valence-corrected chi connectivity index (χ0v) is 18.9. The first-order chi connectivity index (χ1) is 14.4. The zero-order valence-electron chi connectivity index (χ0n) is 18.9. The van der Waals surface area contributed by atoms with E-state index >= 15 is 0 Å². The van der Waals surface area contributed by atoms with Crippen molar-refractivity contribution >= 4 is 5.71 Å². The fourth-order valence-corrected chi connectivity index (χ4v) is 3.08. The molecule has 1 aromatic carbocycles. The van der Waals surface area contributed by atoms with E-state index in [0.717, 1.165) is 48.4 Å². The second-order valence-corrected chi connectivity index (χ2v) is 7.84. The first-order valence-electron chi connectivity index (χ1n) is 10.7. The average Bonchev–Trinajstić information content (AvgIpc) is 2.72. The minimum atomic E-state index is 0.687. The SMILES string of the molecule is C=C(CC/N=C(\C=C(/C)C(=C)CCC)c1ccc(C)cc1)NCC1=CC(C)=C=C=C1. The van der Waals surface area contributed by atoms with Crippen molar-refractivity contribution < 1.29 is 0 Å². The van der Waals surface area contributed by atoms with Crippen LogP contribution in [0.5, 0.6) is 0 Å². The third-order valence-electron chi connectivity index (χ3n) is 4.98. The summed E-state index contributed by atoms with van der Waals surface area (Å²) in [5, 5.41) is 3.40. The van der Waals surface area contributed by atoms with Crippen molar-refractivity contribution in [3.8, 4) is 0 Å². The molecule has 0 saturated heterocycles. The summed E-state index contributed by atoms with van der Waals surface area (Å²) in [4.78, 5) is 4.90. The molecule has 2 rings (SSSR count). The predicted molar refractivity (Wildman–Crippen MR) is 131 cm³/mol. The number of allylic oxidation sites excluding steroid dienone is 5. The molecule has 2 heteroatoms. The Morgan fingerprint density at radius 3 is 2.53 bits per heavy atom. The van der Waals surface area contributed by atoms with E-state index in [-0.39, 0.29) is 0 Å². The largest absolute Gasteiger partial charge is 0.385 e. The molecule has 0 radical (unpaired) electrons. The fourth-order valence-electron chi connectivity index (χ4n) is 3.08. The lowest BCUT2D eigenvalue weighted by Crippen LogP contribution is -2.16. The fraction of sp³-hybridized carbons (Fsp3) is 0.321. The Morgan fingerprint density at radius 2 is 1.87 bits per heavy atom. The molecule has 156 valence electrons. The molecule has 0 atom stereocenters. The minimum absolute atomic E-state index is 0.687. The summed E-state index contributed by atoms with van der Waals surface area (Å²) in [6.07, 6.45) is 9.14. The smallest absolute Gasteiger partial charge is 0.0649 e. The van der Waals surface area contributed by atoms with E-state index in [4.69, 9.17) is 4.99 Å². The van der Waals surface area contributed by atoms with Crippen LogP contribution in [0.25, 0.3) is 0 Å². The molecule has 2 nitrogen and oxygen atoms in total. The molecule has 0 amide bonds. The van der Waals surface area contributed by atoms with Gasteiger partial charge in [-0.3, -0.25) is 4.99 Å². The van der Waals surface area contributed by atoms with Gasteiger partial charge in [-0.1, -0.05) is 73.4 Å². The highest BCUT2D eigenvalue weighted by Crippen LogP contribution is 2.16. The summed E-state index contributed by atoms with van der Waals surface area (Å²) < 4.78 is 0. The van der Waals surface area contributed by atoms with Crippen LogP contribution < -0.4 is 5.32 Å². The topological polar surface area (TPSA) is 24.4 Å². The van der Waals surface area contributed by atoms with Gasteiger partial charge in [-0.25, -0.2) is 0 Å². The van der Waals surface area contributed by atoms with Crippen molar-refractivity contribution in [1.29, 1.82) is 0 Å². The summed E-state index contributed by atoms with van der Waals surface area (Å²) in [7, 11) is 0. The van der Waals surface area contributed by atoms with Crippen LogP contribution in [0.4, 0.5) is 0 Å². The molecule has 0 heterocycles. The minimum Gasteiger partial charge on any atom is -0.385 e. The first-order valence-corrected chi connectivity index (χ1v) is 10.7. The molecule has 1 aliphatic carbocycles. The molecule has 0 bridgehead atoms. The number of benzene rings is 1. The van der Waals surface area contributed by atoms with Crippen molar-refractivity contribution in [2.45, 2.75) is 47.0 Å². The molecule has 1 aliphatic rings. The molecular formula is C28H34N2. The number of rotatable bonds is 11. The quantitative estimate of drug-likeness (QED) is 0.248. The summed E-state index contributed by atoms with van der Waals surface area (Å²) in [6.45, 7) is 18.2. The maximum atomic E-state index is 4.90. The van der Waals surface area contributed by atoms with Crippen LogP contribution in [0.3, 0.4) is 0 Å². The van der Waals surface area contributed by atoms with Gasteiger partial charge < -0.3 is 5.32 Å². The molecular weight excluding hydrogens is 364 g/mol. The Balaban J connectivity index is 2.03. The number of aliphatic imine (C=N–C) groups is 1. The van der Waals surface area contributed by atoms with Crippen molar-refractivity contribution in [3.63, 3.8) is 0 Å². The maximum Gasteiger partial charge on any atom is 0.0649 e. The van der Waals surface area contributed by atoms with Gasteiger partial charge in [0.15, 0.2) is 0 Å². The van der Waals surface area contributed by atoms with Crippen molar-refractivity contribution in [2.24, 2.45) is 4.99 Å². The maximum absolute atomic E-state index is 4.90. The molecule has 30 heavy (non-hydrogen) atoms. The lowest BCUT2D eigenvalue weighted by atomic mass is 10.0. The highest BCUT2D eigenvalue weighted by Gasteiger charge is 2.04. The molecule has 0 fully saturated rings. The van der Waals surface area contributed by atoms with E-state index in [0.29, 0.717) is 6.54 Å². The van der Waals surface area contributed by atoms with Gasteiger partial charge in [-0.05, 0) is 67.7 Å². The first kappa shape index (κ1) is 23.2. The third kappa shape index (κ3) is 7.76. The second-order valence-electron chi connectivity index (χ2n) is 7.84. The second kappa shape index (κ2) is 11.8. The normalized spacial score (nSPS) is 13.7. The van der Waals surface area contributed by atoms with Gasteiger partial charge >= 0.3 is 0 Å². The molecule has 0 spiro atoms. The zero-order chi connectivity index (χ0) is 21.9. The highest BCUT2D eigenvalue weighted by molar-refractivity contribution is 6.09. The average molecular weight is 399 g/mol. The van der Waals surface area contributed by atoms with E-state index < -0.39 is 0 Å². The van der Waals surface area contributed by atoms with Gasteiger partial charge in [0.05, 0.1) is 5.71 Å². The number of nitrogens with one attached hydrogen (secondary N) is 1. The van der Waals surface area contributed by atoms with E-state index in [2.05, 4.69) is 87.1 Å². The van der Waals surface area contributed by atoms with E-state index in [1.54, 1.807) is 0 Å². The number of hydrogen-bond acceptors (Lipinski definition) is 2. The van der Waals surface area contributed by atoms with Crippen molar-refractivity contribution in [1.82, 2.24) is 5.32 Å². The summed E-state index contributed by atoms with van der Waals surface area (Å²) >= 11 is 0. The Labute approximate surface area is 182 Å². The van der Waals surface area contributed by atoms with Gasteiger partial charge in [-0.15, -0.1) is 0 Å². The van der Waals surface area contributed by atoms with Crippen molar-refractivity contribution in [2.75, 3.05) is 13.1 Å². The van der Waals surface area contributed by atoms with Crippen LogP contribution in [0, 0.1) is 6.92 Å². The van der Waals surface area contributed by atoms with Gasteiger partial charge in [-0.2, -0.15) is 0 Å². The molecule has 0 saturated carbocycles. The van der Waals surface area contributed by atoms with Crippen molar-refractivity contribution in [3.05, 3.63) is 106 Å². The van der Waals surface area contributed by atoms with E-state index in [9.17, 15) is 0 Å². The molecule has 0 aromatic heterocycles. The number of hydrogen-bond donors (Lipinski definition) is 1. The van der Waals surface area contributed by atoms with Gasteiger partial charge in [0.2, 0.25) is 0 Å². The summed E-state index contributed by atoms with van der Waals surface area (Å²) in [6, 6.07) is 8.54. The van der Waals surface area contributed by atoms with E-state index in [1.165, 1.54) is 22.3 Å². The van der Waals surface area contributed by atoms with Crippen LogP contribution in [0.2, 0.25) is 0 Å². The number of nitrogens with zero attached hydrogens (tertiary/aromatic N) is 1. The lowest BCUT2D eigenvalue weighted by molar-refractivity contribution is 0.801. The molecule has 1 N–H and O–H groups in total. The van der Waals surface area contributed by atoms with Gasteiger partial charge in [0, 0.05) is 25.2 Å². The standard InChI is InChI=1S/C28H34N2/c1-7-9-23(4)24(5)19-28(27-14-12-21(2)13-15-27)29-17-16-25(6)30-20-26-11-8-10-22(3)18-26/h11-15,18-19,30H,4,6-7,9,16-17,20H2,1-3,5H3/b24-19+,29-28+. The molecule has 0 unspecified atom stereocenters. The Bertz CT molecular complexity index is 968. The Hall–Kier alpha value is -3.05. The number of aryl methyl sites for hydroxylation is 1. The Kier molecular flexibility index (Phi) is 9.16. The summed E-state index contributed by atoms with van der Waals surface area (Å²) in [5.41, 5.74) is 15.1. The molecule has 1 aromatic rings. The monoisotopic (exact) mass is 398 g/mol. The molecule has 0 aliphatic heterocycles. The predicted octanol–water partition coefficient (Wildman–Crippen LogP) is 6.78. The van der Waals surface area contributed by atoms with E-state index in [1.807, 2.05) is 13.0 Å². The van der Waals surface area contributed by atoms with Crippen LogP contribution in [-0.2, 0) is 0 Å². The lowest BCUT2D eigenvalue weighted by Gasteiger charge is -2.11. The summed E-state index contributed by atoms with van der Waals surface area (Å²) in [5.74, 6) is 0. The highest BCUT2D eigenvalue weighted by atomic mass is 14.9. The third-order valence-corrected chi connectivity index (χ3v) is 4.98. The Morgan fingerprint density at radius 1 is 1.13 bits per heavy atom. The van der Waals surface area contributed by atoms with Crippen LogP contribution in [0.15, 0.2) is 100 Å². The van der Waals surface area contributed by atoms with Gasteiger partial charge in [0.1, 0.15) is 0 Å². The van der Waals surface area contributed by atoms with Crippen LogP contribution in [0.1, 0.15) is 51.2 Å². The van der Waals surface area contributed by atoms with Gasteiger partial charge in [0.25, 0.3) is 0 Å².